The summed E-state index contributed by atoms with van der Waals surface area (Å²) in [7, 11) is 0. The summed E-state index contributed by atoms with van der Waals surface area (Å²) < 4.78 is 1.50. The third-order valence-electron chi connectivity index (χ3n) is 3.77. The van der Waals surface area contributed by atoms with Crippen molar-refractivity contribution >= 4 is 18.5 Å². The van der Waals surface area contributed by atoms with Gasteiger partial charge in [0.2, 0.25) is 0 Å². The van der Waals surface area contributed by atoms with Crippen LogP contribution in [0.15, 0.2) is 53.3 Å². The minimum Gasteiger partial charge on any atom is -0.361 e. The molecule has 3 rings (SSSR count). The summed E-state index contributed by atoms with van der Waals surface area (Å²) in [6.07, 6.45) is 1.71. The predicted octanol–water partition coefficient (Wildman–Crippen LogP) is 2.04. The molecule has 0 amide bonds. The fourth-order valence-corrected chi connectivity index (χ4v) is 2.53. The molecule has 0 aliphatic rings. The summed E-state index contributed by atoms with van der Waals surface area (Å²) in [4.78, 5) is 12.6. The highest BCUT2D eigenvalue weighted by molar-refractivity contribution is 5.59. The van der Waals surface area contributed by atoms with E-state index < -0.39 is 0 Å². The molecule has 116 valence electrons. The fraction of sp³-hybridized carbons (Fsp3) is 0.105. The molecule has 23 heavy (non-hydrogen) atoms. The van der Waals surface area contributed by atoms with Crippen LogP contribution in [0.1, 0.15) is 11.1 Å². The molecule has 0 fully saturated rings. The zero-order valence-corrected chi connectivity index (χ0v) is 13.3. The van der Waals surface area contributed by atoms with Crippen molar-refractivity contribution in [3.05, 3.63) is 80.6 Å². The Morgan fingerprint density at radius 3 is 2.57 bits per heavy atom. The minimum absolute atomic E-state index is 0.126. The van der Waals surface area contributed by atoms with E-state index in [4.69, 9.17) is 0 Å². The van der Waals surface area contributed by atoms with Gasteiger partial charge in [0.15, 0.2) is 0 Å². The molecular formula is C19H19N3O. The van der Waals surface area contributed by atoms with Crippen LogP contribution in [0.5, 0.6) is 0 Å². The molecule has 1 aromatic heterocycles. The van der Waals surface area contributed by atoms with Crippen molar-refractivity contribution in [1.29, 1.82) is 0 Å². The zero-order valence-electron chi connectivity index (χ0n) is 13.3. The first-order chi connectivity index (χ1) is 11.1. The van der Waals surface area contributed by atoms with E-state index in [9.17, 15) is 4.79 Å². The van der Waals surface area contributed by atoms with Crippen LogP contribution in [0.2, 0.25) is 0 Å². The van der Waals surface area contributed by atoms with Crippen molar-refractivity contribution in [2.75, 3.05) is 5.32 Å². The number of H-pyrrole nitrogens is 1. The van der Waals surface area contributed by atoms with Crippen molar-refractivity contribution in [2.24, 2.45) is 0 Å². The lowest BCUT2D eigenvalue weighted by molar-refractivity contribution is 0.838. The maximum absolute atomic E-state index is 12.6. The lowest BCUT2D eigenvalue weighted by Gasteiger charge is -2.05. The van der Waals surface area contributed by atoms with E-state index in [-0.39, 0.29) is 5.56 Å². The van der Waals surface area contributed by atoms with Crippen LogP contribution < -0.4 is 21.4 Å². The van der Waals surface area contributed by atoms with Gasteiger partial charge in [0, 0.05) is 11.9 Å². The number of aromatic nitrogens is 2. The molecule has 4 nitrogen and oxygen atoms in total. The Kier molecular flexibility index (Phi) is 3.89. The maximum Gasteiger partial charge on any atom is 0.280 e. The van der Waals surface area contributed by atoms with Gasteiger partial charge in [0.05, 0.1) is 16.3 Å². The molecule has 0 spiro atoms. The topological polar surface area (TPSA) is 49.8 Å². The number of hydrogen-bond donors (Lipinski definition) is 2. The van der Waals surface area contributed by atoms with Gasteiger partial charge < -0.3 is 5.32 Å². The molecule has 1 heterocycles. The van der Waals surface area contributed by atoms with Crippen molar-refractivity contribution < 1.29 is 0 Å². The monoisotopic (exact) mass is 305 g/mol. The number of nitrogens with one attached hydrogen (secondary N) is 2. The number of aromatic amines is 1. The largest absolute Gasteiger partial charge is 0.361 e. The van der Waals surface area contributed by atoms with Crippen LogP contribution in [0, 0.1) is 13.8 Å². The van der Waals surface area contributed by atoms with Gasteiger partial charge in [-0.1, -0.05) is 42.5 Å². The van der Waals surface area contributed by atoms with Crippen molar-refractivity contribution in [1.82, 2.24) is 9.78 Å². The lowest BCUT2D eigenvalue weighted by Crippen LogP contribution is -2.34. The van der Waals surface area contributed by atoms with Crippen LogP contribution in [-0.4, -0.2) is 9.78 Å². The number of rotatable bonds is 3. The predicted molar refractivity (Wildman–Crippen MR) is 95.2 cm³/mol. The Balaban J connectivity index is 2.02. The molecular weight excluding hydrogens is 286 g/mol. The van der Waals surface area contributed by atoms with Crippen molar-refractivity contribution in [3.63, 3.8) is 0 Å². The van der Waals surface area contributed by atoms with E-state index in [1.807, 2.05) is 49.4 Å². The van der Waals surface area contributed by atoms with Gasteiger partial charge in [0.25, 0.3) is 5.56 Å². The Labute approximate surface area is 134 Å². The van der Waals surface area contributed by atoms with Crippen LogP contribution in [-0.2, 0) is 0 Å². The third kappa shape index (κ3) is 2.97. The SMILES string of the molecule is C=c1[nH]n(-c2ccccc2)c(=O)/c1=C\Nc1ccc(C)cc1C. The van der Waals surface area contributed by atoms with Crippen LogP contribution in [0.3, 0.4) is 0 Å². The highest BCUT2D eigenvalue weighted by atomic mass is 16.1. The van der Waals surface area contributed by atoms with Gasteiger partial charge in [-0.25, -0.2) is 4.68 Å². The standard InChI is InChI=1S/C19H19N3O/c1-13-9-10-18(14(2)11-13)20-12-17-15(3)21-22(19(17)23)16-7-5-4-6-8-16/h4-12,20-21H,3H2,1-2H3/b17-12-. The maximum atomic E-state index is 12.6. The quantitative estimate of drug-likeness (QED) is 0.778. The van der Waals surface area contributed by atoms with Gasteiger partial charge >= 0.3 is 0 Å². The first-order valence-electron chi connectivity index (χ1n) is 7.45. The number of aryl methyl sites for hydroxylation is 2. The molecule has 4 heteroatoms. The second kappa shape index (κ2) is 6.01. The number of anilines is 1. The molecule has 2 N–H and O–H groups in total. The van der Waals surface area contributed by atoms with Crippen LogP contribution in [0.4, 0.5) is 5.69 Å². The van der Waals surface area contributed by atoms with E-state index in [1.54, 1.807) is 6.20 Å². The van der Waals surface area contributed by atoms with E-state index >= 15 is 0 Å². The summed E-state index contributed by atoms with van der Waals surface area (Å²) in [6.45, 7) is 8.02. The van der Waals surface area contributed by atoms with Gasteiger partial charge in [-0.3, -0.25) is 9.89 Å². The molecule has 0 saturated heterocycles. The molecule has 0 aliphatic heterocycles. The van der Waals surface area contributed by atoms with E-state index in [1.165, 1.54) is 10.2 Å². The fourth-order valence-electron chi connectivity index (χ4n) is 2.53. The Morgan fingerprint density at radius 2 is 1.87 bits per heavy atom. The summed E-state index contributed by atoms with van der Waals surface area (Å²) in [6, 6.07) is 15.6. The summed E-state index contributed by atoms with van der Waals surface area (Å²) in [5, 5.41) is 7.32. The highest BCUT2D eigenvalue weighted by Crippen LogP contribution is 2.15. The average molecular weight is 305 g/mol. The third-order valence-corrected chi connectivity index (χ3v) is 3.77. The molecule has 0 radical (unpaired) electrons. The van der Waals surface area contributed by atoms with E-state index in [0.717, 1.165) is 16.9 Å². The number of nitrogens with zero attached hydrogens (tertiary/aromatic N) is 1. The molecule has 0 saturated carbocycles. The highest BCUT2D eigenvalue weighted by Gasteiger charge is 2.04. The number of para-hydroxylation sites is 1. The molecule has 0 atom stereocenters. The Hall–Kier alpha value is -3.01. The Bertz CT molecular complexity index is 997. The van der Waals surface area contributed by atoms with Gasteiger partial charge in [-0.2, -0.15) is 0 Å². The second-order valence-electron chi connectivity index (χ2n) is 5.59. The first-order valence-corrected chi connectivity index (χ1v) is 7.45. The smallest absolute Gasteiger partial charge is 0.280 e. The molecule has 3 aromatic rings. The van der Waals surface area contributed by atoms with Crippen molar-refractivity contribution in [2.45, 2.75) is 13.8 Å². The summed E-state index contributed by atoms with van der Waals surface area (Å²) >= 11 is 0. The second-order valence-corrected chi connectivity index (χ2v) is 5.59. The molecule has 0 unspecified atom stereocenters. The molecule has 2 aromatic carbocycles. The van der Waals surface area contributed by atoms with Gasteiger partial charge in [-0.15, -0.1) is 0 Å². The number of hydrogen-bond acceptors (Lipinski definition) is 2. The summed E-state index contributed by atoms with van der Waals surface area (Å²) in [5.74, 6) is 0. The first kappa shape index (κ1) is 14.9. The minimum atomic E-state index is -0.126. The normalized spacial score (nSPS) is 11.7. The van der Waals surface area contributed by atoms with Crippen LogP contribution >= 0.6 is 0 Å². The number of benzene rings is 2. The Morgan fingerprint density at radius 1 is 1.13 bits per heavy atom. The van der Waals surface area contributed by atoms with E-state index in [0.29, 0.717) is 10.6 Å². The lowest BCUT2D eigenvalue weighted by atomic mass is 10.1. The van der Waals surface area contributed by atoms with E-state index in [2.05, 4.69) is 30.0 Å². The van der Waals surface area contributed by atoms with Crippen LogP contribution in [0.25, 0.3) is 18.5 Å². The molecule has 0 bridgehead atoms. The van der Waals surface area contributed by atoms with Crippen molar-refractivity contribution in [3.8, 4) is 5.69 Å². The zero-order chi connectivity index (χ0) is 16.4. The summed E-state index contributed by atoms with van der Waals surface area (Å²) in [5.41, 5.74) is 3.97. The molecule has 0 aliphatic carbocycles. The average Bonchev–Trinajstić information content (AvgIpc) is 2.82. The van der Waals surface area contributed by atoms with Gasteiger partial charge in [0.1, 0.15) is 0 Å². The van der Waals surface area contributed by atoms with Gasteiger partial charge in [-0.05, 0) is 37.6 Å².